The number of methoxy groups -OCH3 is 1. The largest absolute Gasteiger partial charge is 0.469 e. The Morgan fingerprint density at radius 1 is 1.56 bits per heavy atom. The maximum absolute atomic E-state index is 11.5. The van der Waals surface area contributed by atoms with Crippen LogP contribution in [0, 0.1) is 11.8 Å². The van der Waals surface area contributed by atoms with E-state index in [2.05, 4.69) is 11.8 Å². The lowest BCUT2D eigenvalue weighted by Crippen LogP contribution is -2.47. The summed E-state index contributed by atoms with van der Waals surface area (Å²) in [5, 5.41) is 0. The van der Waals surface area contributed by atoms with E-state index in [9.17, 15) is 4.79 Å². The molecule has 1 aliphatic heterocycles. The molecule has 3 atom stereocenters. The van der Waals surface area contributed by atoms with Crippen LogP contribution >= 0.6 is 0 Å². The average molecular weight is 228 g/mol. The van der Waals surface area contributed by atoms with Gasteiger partial charge in [-0.15, -0.1) is 0 Å². The monoisotopic (exact) mass is 228 g/mol. The molecular weight excluding hydrogens is 204 g/mol. The second-order valence-corrected chi connectivity index (χ2v) is 4.79. The fourth-order valence-electron chi connectivity index (χ4n) is 2.36. The Kier molecular flexibility index (Phi) is 5.22. The molecule has 16 heavy (non-hydrogen) atoms. The van der Waals surface area contributed by atoms with Gasteiger partial charge in [-0.25, -0.2) is 0 Å². The van der Waals surface area contributed by atoms with Gasteiger partial charge in [0, 0.05) is 12.6 Å². The van der Waals surface area contributed by atoms with Gasteiger partial charge in [-0.05, 0) is 38.8 Å². The molecule has 1 saturated heterocycles. The topological polar surface area (TPSA) is 55.6 Å². The smallest absolute Gasteiger partial charge is 0.309 e. The van der Waals surface area contributed by atoms with Crippen molar-refractivity contribution in [1.82, 2.24) is 4.90 Å². The van der Waals surface area contributed by atoms with Crippen LogP contribution in [0.1, 0.15) is 26.7 Å². The van der Waals surface area contributed by atoms with Crippen LogP contribution in [0.15, 0.2) is 0 Å². The molecule has 4 heteroatoms. The fourth-order valence-corrected chi connectivity index (χ4v) is 2.36. The van der Waals surface area contributed by atoms with Crippen molar-refractivity contribution in [2.75, 3.05) is 26.7 Å². The molecule has 94 valence electrons. The van der Waals surface area contributed by atoms with Crippen molar-refractivity contribution in [2.45, 2.75) is 32.7 Å². The number of hydrogen-bond acceptors (Lipinski definition) is 4. The molecule has 0 amide bonds. The summed E-state index contributed by atoms with van der Waals surface area (Å²) in [5.74, 6) is 0.393. The minimum Gasteiger partial charge on any atom is -0.469 e. The summed E-state index contributed by atoms with van der Waals surface area (Å²) in [6, 6.07) is 0.238. The summed E-state index contributed by atoms with van der Waals surface area (Å²) in [6.45, 7) is 6.86. The van der Waals surface area contributed by atoms with Gasteiger partial charge >= 0.3 is 5.97 Å². The van der Waals surface area contributed by atoms with Gasteiger partial charge in [-0.2, -0.15) is 0 Å². The highest BCUT2D eigenvalue weighted by Crippen LogP contribution is 2.21. The molecule has 0 aromatic carbocycles. The van der Waals surface area contributed by atoms with Crippen molar-refractivity contribution in [3.8, 4) is 0 Å². The molecule has 1 heterocycles. The number of ether oxygens (including phenoxy) is 1. The Hall–Kier alpha value is -0.610. The summed E-state index contributed by atoms with van der Waals surface area (Å²) in [5.41, 5.74) is 5.71. The predicted molar refractivity (Wildman–Crippen MR) is 64.0 cm³/mol. The van der Waals surface area contributed by atoms with Crippen LogP contribution in [-0.2, 0) is 9.53 Å². The van der Waals surface area contributed by atoms with E-state index in [1.54, 1.807) is 0 Å². The van der Waals surface area contributed by atoms with Crippen molar-refractivity contribution in [3.63, 3.8) is 0 Å². The van der Waals surface area contributed by atoms with E-state index in [1.807, 2.05) is 6.92 Å². The molecule has 0 radical (unpaired) electrons. The zero-order chi connectivity index (χ0) is 12.1. The van der Waals surface area contributed by atoms with Gasteiger partial charge in [0.2, 0.25) is 0 Å². The summed E-state index contributed by atoms with van der Waals surface area (Å²) in [6.07, 6.45) is 2.40. The Bertz CT molecular complexity index is 233. The highest BCUT2D eigenvalue weighted by Gasteiger charge is 2.29. The number of nitrogens with zero attached hydrogens (tertiary/aromatic N) is 1. The van der Waals surface area contributed by atoms with E-state index in [0.717, 1.165) is 19.6 Å². The molecule has 1 rings (SSSR count). The lowest BCUT2D eigenvalue weighted by molar-refractivity contribution is -0.147. The molecule has 0 spiro atoms. The van der Waals surface area contributed by atoms with Crippen LogP contribution in [0.2, 0.25) is 0 Å². The Labute approximate surface area is 98.1 Å². The Morgan fingerprint density at radius 3 is 2.81 bits per heavy atom. The first-order valence-electron chi connectivity index (χ1n) is 6.12. The third-order valence-electron chi connectivity index (χ3n) is 3.76. The quantitative estimate of drug-likeness (QED) is 0.725. The highest BCUT2D eigenvalue weighted by atomic mass is 16.5. The van der Waals surface area contributed by atoms with Gasteiger partial charge in [0.15, 0.2) is 0 Å². The molecule has 3 unspecified atom stereocenters. The fraction of sp³-hybridized carbons (Fsp3) is 0.917. The van der Waals surface area contributed by atoms with E-state index in [-0.39, 0.29) is 17.9 Å². The third-order valence-corrected chi connectivity index (χ3v) is 3.76. The SMILES string of the molecule is COC(=O)C(C)C(C)N1CCCC(CN)C1. The number of carbonyl (C=O) groups excluding carboxylic acids is 1. The Balaban J connectivity index is 2.52. The number of piperidine rings is 1. The van der Waals surface area contributed by atoms with Crippen LogP contribution in [0.3, 0.4) is 0 Å². The van der Waals surface area contributed by atoms with Crippen LogP contribution in [-0.4, -0.2) is 43.7 Å². The van der Waals surface area contributed by atoms with Crippen LogP contribution in [0.4, 0.5) is 0 Å². The van der Waals surface area contributed by atoms with Gasteiger partial charge in [0.25, 0.3) is 0 Å². The van der Waals surface area contributed by atoms with Gasteiger partial charge in [-0.1, -0.05) is 6.92 Å². The zero-order valence-corrected chi connectivity index (χ0v) is 10.6. The minimum absolute atomic E-state index is 0.0680. The van der Waals surface area contributed by atoms with Gasteiger partial charge in [-0.3, -0.25) is 9.69 Å². The first-order chi connectivity index (χ1) is 7.60. The molecule has 2 N–H and O–H groups in total. The highest BCUT2D eigenvalue weighted by molar-refractivity contribution is 5.72. The molecule has 1 fully saturated rings. The van der Waals surface area contributed by atoms with Crippen molar-refractivity contribution in [1.29, 1.82) is 0 Å². The molecule has 0 aromatic heterocycles. The van der Waals surface area contributed by atoms with E-state index < -0.39 is 0 Å². The van der Waals surface area contributed by atoms with Gasteiger partial charge in [0.05, 0.1) is 13.0 Å². The van der Waals surface area contributed by atoms with Crippen molar-refractivity contribution in [3.05, 3.63) is 0 Å². The number of rotatable bonds is 4. The van der Waals surface area contributed by atoms with E-state index in [1.165, 1.54) is 20.0 Å². The Morgan fingerprint density at radius 2 is 2.25 bits per heavy atom. The predicted octanol–water partition coefficient (Wildman–Crippen LogP) is 0.855. The lowest BCUT2D eigenvalue weighted by atomic mass is 9.94. The standard InChI is InChI=1S/C12H24N2O2/c1-9(12(15)16-3)10(2)14-6-4-5-11(7-13)8-14/h9-11H,4-8,13H2,1-3H3. The number of hydrogen-bond donors (Lipinski definition) is 1. The van der Waals surface area contributed by atoms with Crippen LogP contribution < -0.4 is 5.73 Å². The molecule has 4 nitrogen and oxygen atoms in total. The lowest BCUT2D eigenvalue weighted by Gasteiger charge is -2.38. The van der Waals surface area contributed by atoms with Crippen molar-refractivity contribution < 1.29 is 9.53 Å². The van der Waals surface area contributed by atoms with Crippen molar-refractivity contribution >= 4 is 5.97 Å². The van der Waals surface area contributed by atoms with E-state index in [0.29, 0.717) is 5.92 Å². The number of likely N-dealkylation sites (tertiary alicyclic amines) is 1. The maximum atomic E-state index is 11.5. The number of carbonyl (C=O) groups is 1. The van der Waals surface area contributed by atoms with Crippen LogP contribution in [0.25, 0.3) is 0 Å². The maximum Gasteiger partial charge on any atom is 0.309 e. The summed E-state index contributed by atoms with van der Waals surface area (Å²) in [4.78, 5) is 13.8. The number of esters is 1. The molecule has 0 aromatic rings. The van der Waals surface area contributed by atoms with Crippen molar-refractivity contribution in [2.24, 2.45) is 17.6 Å². The molecule has 0 saturated carbocycles. The van der Waals surface area contributed by atoms with Crippen LogP contribution in [0.5, 0.6) is 0 Å². The van der Waals surface area contributed by atoms with Gasteiger partial charge in [0.1, 0.15) is 0 Å². The molecule has 0 aliphatic carbocycles. The zero-order valence-electron chi connectivity index (χ0n) is 10.6. The second-order valence-electron chi connectivity index (χ2n) is 4.79. The normalized spacial score (nSPS) is 26.1. The van der Waals surface area contributed by atoms with E-state index >= 15 is 0 Å². The molecular formula is C12H24N2O2. The summed E-state index contributed by atoms with van der Waals surface area (Å²) >= 11 is 0. The number of nitrogens with two attached hydrogens (primary N) is 1. The third kappa shape index (κ3) is 3.19. The first-order valence-corrected chi connectivity index (χ1v) is 6.12. The van der Waals surface area contributed by atoms with Gasteiger partial charge < -0.3 is 10.5 Å². The summed E-state index contributed by atoms with van der Waals surface area (Å²) < 4.78 is 4.79. The molecule has 0 bridgehead atoms. The molecule has 1 aliphatic rings. The second kappa shape index (κ2) is 6.21. The van der Waals surface area contributed by atoms with E-state index in [4.69, 9.17) is 10.5 Å². The first kappa shape index (κ1) is 13.5. The minimum atomic E-state index is -0.123. The average Bonchev–Trinajstić information content (AvgIpc) is 2.36. The summed E-state index contributed by atoms with van der Waals surface area (Å²) in [7, 11) is 1.45.